The topological polar surface area (TPSA) is 81.9 Å². The van der Waals surface area contributed by atoms with E-state index < -0.39 is 0 Å². The molecule has 0 aliphatic carbocycles. The van der Waals surface area contributed by atoms with Crippen molar-refractivity contribution in [3.63, 3.8) is 0 Å². The average Bonchev–Trinajstić information content (AvgIpc) is 3.13. The zero-order valence-corrected chi connectivity index (χ0v) is 18.2. The summed E-state index contributed by atoms with van der Waals surface area (Å²) in [7, 11) is 0. The summed E-state index contributed by atoms with van der Waals surface area (Å²) in [6.45, 7) is 3.92. The SMILES string of the molecule is Cc1ncn(-c2cc(Oc3ccc(NC(=O)/C=C/c4ccc(Cl)cc4)cc3)ncn2)c1C. The molecule has 0 aliphatic heterocycles. The number of aryl methyl sites for hydroxylation is 1. The van der Waals surface area contributed by atoms with E-state index in [0.29, 0.717) is 28.2 Å². The Hall–Kier alpha value is -3.97. The van der Waals surface area contributed by atoms with Crippen molar-refractivity contribution in [2.45, 2.75) is 13.8 Å². The molecule has 2 heterocycles. The van der Waals surface area contributed by atoms with Gasteiger partial charge < -0.3 is 10.1 Å². The second kappa shape index (κ2) is 9.45. The maximum absolute atomic E-state index is 12.2. The van der Waals surface area contributed by atoms with Gasteiger partial charge in [-0.3, -0.25) is 9.36 Å². The fourth-order valence-corrected chi connectivity index (χ4v) is 3.03. The molecule has 0 fully saturated rings. The third-order valence-corrected chi connectivity index (χ3v) is 5.02. The van der Waals surface area contributed by atoms with Crippen molar-refractivity contribution in [1.82, 2.24) is 19.5 Å². The number of hydrogen-bond donors (Lipinski definition) is 1. The number of aromatic nitrogens is 4. The van der Waals surface area contributed by atoms with E-state index in [1.807, 2.05) is 30.5 Å². The highest BCUT2D eigenvalue weighted by molar-refractivity contribution is 6.30. The first-order valence-electron chi connectivity index (χ1n) is 9.83. The number of halogens is 1. The third-order valence-electron chi connectivity index (χ3n) is 4.77. The van der Waals surface area contributed by atoms with E-state index in [0.717, 1.165) is 17.0 Å². The van der Waals surface area contributed by atoms with Gasteiger partial charge in [-0.15, -0.1) is 0 Å². The van der Waals surface area contributed by atoms with Crippen molar-refractivity contribution >= 4 is 29.3 Å². The van der Waals surface area contributed by atoms with Crippen LogP contribution in [-0.4, -0.2) is 25.4 Å². The standard InChI is InChI=1S/C24H20ClN5O2/c1-16-17(2)30(15-28-16)22-13-24(27-14-26-22)32-21-10-8-20(9-11-21)29-23(31)12-5-18-3-6-19(25)7-4-18/h3-15H,1-2H3,(H,29,31)/b12-5+. The molecule has 0 atom stereocenters. The van der Waals surface area contributed by atoms with E-state index in [-0.39, 0.29) is 5.91 Å². The van der Waals surface area contributed by atoms with Crippen LogP contribution in [0.1, 0.15) is 17.0 Å². The number of carbonyl (C=O) groups excluding carboxylic acids is 1. The lowest BCUT2D eigenvalue weighted by Gasteiger charge is -2.08. The highest BCUT2D eigenvalue weighted by atomic mass is 35.5. The van der Waals surface area contributed by atoms with Crippen LogP contribution < -0.4 is 10.1 Å². The second-order valence-corrected chi connectivity index (χ2v) is 7.44. The van der Waals surface area contributed by atoms with Gasteiger partial charge in [0.2, 0.25) is 11.8 Å². The number of hydrogen-bond acceptors (Lipinski definition) is 5. The minimum Gasteiger partial charge on any atom is -0.439 e. The maximum Gasteiger partial charge on any atom is 0.248 e. The summed E-state index contributed by atoms with van der Waals surface area (Å²) < 4.78 is 7.71. The molecule has 7 nitrogen and oxygen atoms in total. The number of rotatable bonds is 6. The van der Waals surface area contributed by atoms with Crippen LogP contribution in [0, 0.1) is 13.8 Å². The number of nitrogens with one attached hydrogen (secondary N) is 1. The Kier molecular flexibility index (Phi) is 6.28. The Labute approximate surface area is 190 Å². The van der Waals surface area contributed by atoms with Crippen molar-refractivity contribution in [3.8, 4) is 17.4 Å². The summed E-state index contributed by atoms with van der Waals surface area (Å²) in [6, 6.07) is 16.0. The molecule has 2 aromatic carbocycles. The van der Waals surface area contributed by atoms with Gasteiger partial charge in [-0.1, -0.05) is 23.7 Å². The largest absolute Gasteiger partial charge is 0.439 e. The van der Waals surface area contributed by atoms with Crippen LogP contribution >= 0.6 is 11.6 Å². The molecule has 32 heavy (non-hydrogen) atoms. The molecular weight excluding hydrogens is 426 g/mol. The molecule has 0 aliphatic rings. The Morgan fingerprint density at radius 2 is 1.78 bits per heavy atom. The molecule has 0 unspecified atom stereocenters. The van der Waals surface area contributed by atoms with E-state index in [1.54, 1.807) is 54.9 Å². The lowest BCUT2D eigenvalue weighted by molar-refractivity contribution is -0.111. The quantitative estimate of drug-likeness (QED) is 0.403. The van der Waals surface area contributed by atoms with E-state index in [4.69, 9.17) is 16.3 Å². The monoisotopic (exact) mass is 445 g/mol. The lowest BCUT2D eigenvalue weighted by Crippen LogP contribution is -2.07. The molecule has 0 saturated carbocycles. The predicted molar refractivity (Wildman–Crippen MR) is 124 cm³/mol. The predicted octanol–water partition coefficient (Wildman–Crippen LogP) is 5.38. The first-order valence-corrected chi connectivity index (χ1v) is 10.2. The molecule has 0 radical (unpaired) electrons. The highest BCUT2D eigenvalue weighted by Gasteiger charge is 2.08. The summed E-state index contributed by atoms with van der Waals surface area (Å²) in [5, 5.41) is 3.46. The third kappa shape index (κ3) is 5.19. The van der Waals surface area contributed by atoms with Crippen LogP contribution in [-0.2, 0) is 4.79 Å². The van der Waals surface area contributed by atoms with Gasteiger partial charge in [-0.25, -0.2) is 15.0 Å². The smallest absolute Gasteiger partial charge is 0.248 e. The van der Waals surface area contributed by atoms with Gasteiger partial charge in [0.05, 0.1) is 5.69 Å². The van der Waals surface area contributed by atoms with Crippen LogP contribution in [0.25, 0.3) is 11.9 Å². The number of imidazole rings is 1. The van der Waals surface area contributed by atoms with Gasteiger partial charge in [0.1, 0.15) is 24.2 Å². The van der Waals surface area contributed by atoms with Gasteiger partial charge in [0, 0.05) is 28.5 Å². The van der Waals surface area contributed by atoms with E-state index in [2.05, 4.69) is 20.3 Å². The van der Waals surface area contributed by atoms with Crippen LogP contribution in [0.5, 0.6) is 11.6 Å². The number of amides is 1. The lowest BCUT2D eigenvalue weighted by atomic mass is 10.2. The first kappa shape index (κ1) is 21.3. The summed E-state index contributed by atoms with van der Waals surface area (Å²) in [5.41, 5.74) is 3.47. The van der Waals surface area contributed by atoms with E-state index >= 15 is 0 Å². The Morgan fingerprint density at radius 1 is 1.03 bits per heavy atom. The summed E-state index contributed by atoms with van der Waals surface area (Å²) in [4.78, 5) is 24.9. The van der Waals surface area contributed by atoms with Gasteiger partial charge in [0.15, 0.2) is 0 Å². The van der Waals surface area contributed by atoms with Crippen molar-refractivity contribution in [2.75, 3.05) is 5.32 Å². The Bertz CT molecular complexity index is 1260. The number of benzene rings is 2. The molecule has 0 bridgehead atoms. The number of carbonyl (C=O) groups is 1. The molecule has 4 aromatic rings. The Morgan fingerprint density at radius 3 is 2.47 bits per heavy atom. The fourth-order valence-electron chi connectivity index (χ4n) is 2.90. The number of nitrogens with zero attached hydrogens (tertiary/aromatic N) is 4. The summed E-state index contributed by atoms with van der Waals surface area (Å²) in [6.07, 6.45) is 6.35. The molecule has 8 heteroatoms. The minimum absolute atomic E-state index is 0.236. The van der Waals surface area contributed by atoms with Gasteiger partial charge in [-0.2, -0.15) is 0 Å². The van der Waals surface area contributed by atoms with Crippen LogP contribution in [0.4, 0.5) is 5.69 Å². The maximum atomic E-state index is 12.2. The van der Waals surface area contributed by atoms with Crippen LogP contribution in [0.15, 0.2) is 73.3 Å². The highest BCUT2D eigenvalue weighted by Crippen LogP contribution is 2.23. The molecular formula is C24H20ClN5O2. The minimum atomic E-state index is -0.236. The van der Waals surface area contributed by atoms with Gasteiger partial charge >= 0.3 is 0 Å². The van der Waals surface area contributed by atoms with Crippen molar-refractivity contribution in [3.05, 3.63) is 95.3 Å². The molecule has 0 saturated heterocycles. The second-order valence-electron chi connectivity index (χ2n) is 7.00. The Balaban J connectivity index is 1.39. The average molecular weight is 446 g/mol. The zero-order chi connectivity index (χ0) is 22.5. The van der Waals surface area contributed by atoms with Crippen LogP contribution in [0.2, 0.25) is 5.02 Å². The van der Waals surface area contributed by atoms with E-state index in [1.165, 1.54) is 12.4 Å². The van der Waals surface area contributed by atoms with E-state index in [9.17, 15) is 4.79 Å². The molecule has 1 N–H and O–H groups in total. The molecule has 1 amide bonds. The van der Waals surface area contributed by atoms with Gasteiger partial charge in [-0.05, 0) is 61.9 Å². The molecule has 160 valence electrons. The zero-order valence-electron chi connectivity index (χ0n) is 17.5. The summed E-state index contributed by atoms with van der Waals surface area (Å²) >= 11 is 5.86. The van der Waals surface area contributed by atoms with Crippen molar-refractivity contribution < 1.29 is 9.53 Å². The van der Waals surface area contributed by atoms with Crippen molar-refractivity contribution in [2.24, 2.45) is 0 Å². The summed E-state index contributed by atoms with van der Waals surface area (Å²) in [5.74, 6) is 1.43. The fraction of sp³-hybridized carbons (Fsp3) is 0.0833. The van der Waals surface area contributed by atoms with Crippen LogP contribution in [0.3, 0.4) is 0 Å². The number of ether oxygens (including phenoxy) is 1. The molecule has 2 aromatic heterocycles. The number of anilines is 1. The normalized spacial score (nSPS) is 11.0. The van der Waals surface area contributed by atoms with Gasteiger partial charge in [0.25, 0.3) is 0 Å². The molecule has 0 spiro atoms. The van der Waals surface area contributed by atoms with Crippen molar-refractivity contribution in [1.29, 1.82) is 0 Å². The molecule has 4 rings (SSSR count). The first-order chi connectivity index (χ1) is 15.5.